The molecule has 2 aromatic rings. The van der Waals surface area contributed by atoms with Gasteiger partial charge in [0, 0.05) is 16.5 Å². The monoisotopic (exact) mass is 177 g/mol. The molecule has 0 bridgehead atoms. The number of aromatic nitrogens is 1. The van der Waals surface area contributed by atoms with Crippen LogP contribution in [0.2, 0.25) is 0 Å². The highest BCUT2D eigenvalue weighted by Gasteiger charge is 2.06. The number of thiophene rings is 1. The van der Waals surface area contributed by atoms with Gasteiger partial charge in [-0.3, -0.25) is 0 Å². The first-order valence-corrected chi connectivity index (χ1v) is 4.83. The summed E-state index contributed by atoms with van der Waals surface area (Å²) in [5.41, 5.74) is 2.72. The fourth-order valence-electron chi connectivity index (χ4n) is 1.46. The molecule has 0 saturated carbocycles. The maximum atomic E-state index is 4.34. The van der Waals surface area contributed by atoms with E-state index in [1.165, 1.54) is 26.2 Å². The molecule has 0 atom stereocenters. The van der Waals surface area contributed by atoms with E-state index in [1.54, 1.807) is 11.3 Å². The molecule has 2 heteroatoms. The average Bonchev–Trinajstić information content (AvgIpc) is 2.29. The summed E-state index contributed by atoms with van der Waals surface area (Å²) in [6.07, 6.45) is 1.88. The van der Waals surface area contributed by atoms with E-state index in [4.69, 9.17) is 0 Å². The van der Waals surface area contributed by atoms with Crippen LogP contribution in [0.1, 0.15) is 16.0 Å². The zero-order chi connectivity index (χ0) is 8.72. The third-order valence-corrected chi connectivity index (χ3v) is 3.39. The first-order chi connectivity index (χ1) is 5.70. The van der Waals surface area contributed by atoms with Gasteiger partial charge in [-0.05, 0) is 38.0 Å². The molecule has 0 radical (unpaired) electrons. The second kappa shape index (κ2) is 2.56. The molecule has 0 aliphatic carbocycles. The molecule has 0 N–H and O–H groups in total. The van der Waals surface area contributed by atoms with E-state index < -0.39 is 0 Å². The Bertz CT molecular complexity index is 429. The third kappa shape index (κ3) is 0.950. The number of aryl methyl sites for hydroxylation is 3. The van der Waals surface area contributed by atoms with Crippen molar-refractivity contribution >= 4 is 21.6 Å². The minimum atomic E-state index is 1.17. The van der Waals surface area contributed by atoms with Gasteiger partial charge in [0.1, 0.15) is 4.83 Å². The van der Waals surface area contributed by atoms with E-state index in [0.29, 0.717) is 0 Å². The molecular formula is C10H11NS. The van der Waals surface area contributed by atoms with Crippen molar-refractivity contribution < 1.29 is 0 Å². The van der Waals surface area contributed by atoms with Crippen molar-refractivity contribution in [2.24, 2.45) is 0 Å². The zero-order valence-electron chi connectivity index (χ0n) is 7.51. The lowest BCUT2D eigenvalue weighted by atomic mass is 10.1. The van der Waals surface area contributed by atoms with E-state index >= 15 is 0 Å². The van der Waals surface area contributed by atoms with Crippen LogP contribution in [-0.4, -0.2) is 4.98 Å². The van der Waals surface area contributed by atoms with E-state index in [2.05, 4.69) is 31.8 Å². The van der Waals surface area contributed by atoms with Crippen LogP contribution in [0.15, 0.2) is 12.3 Å². The predicted octanol–water partition coefficient (Wildman–Crippen LogP) is 3.22. The second-order valence-corrected chi connectivity index (χ2v) is 4.29. The van der Waals surface area contributed by atoms with Crippen LogP contribution >= 0.6 is 11.3 Å². The SMILES string of the molecule is Cc1sc2nccc(C)c2c1C. The van der Waals surface area contributed by atoms with Gasteiger partial charge in [0.05, 0.1) is 0 Å². The van der Waals surface area contributed by atoms with Crippen molar-refractivity contribution in [1.29, 1.82) is 0 Å². The summed E-state index contributed by atoms with van der Waals surface area (Å²) < 4.78 is 0. The normalized spacial score (nSPS) is 10.9. The molecule has 0 spiro atoms. The summed E-state index contributed by atoms with van der Waals surface area (Å²) in [5.74, 6) is 0. The van der Waals surface area contributed by atoms with E-state index in [9.17, 15) is 0 Å². The minimum Gasteiger partial charge on any atom is -0.245 e. The van der Waals surface area contributed by atoms with Gasteiger partial charge in [0.15, 0.2) is 0 Å². The third-order valence-electron chi connectivity index (χ3n) is 2.28. The molecule has 62 valence electrons. The Kier molecular flexibility index (Phi) is 1.65. The van der Waals surface area contributed by atoms with Crippen molar-refractivity contribution in [3.63, 3.8) is 0 Å². The van der Waals surface area contributed by atoms with Gasteiger partial charge in [0.25, 0.3) is 0 Å². The molecule has 0 aromatic carbocycles. The average molecular weight is 177 g/mol. The van der Waals surface area contributed by atoms with Gasteiger partial charge in [-0.15, -0.1) is 11.3 Å². The summed E-state index contributed by atoms with van der Waals surface area (Å²) in [6.45, 7) is 6.47. The molecule has 0 aliphatic rings. The summed E-state index contributed by atoms with van der Waals surface area (Å²) in [7, 11) is 0. The standard InChI is InChI=1S/C10H11NS/c1-6-4-5-11-10-9(6)7(2)8(3)12-10/h4-5H,1-3H3. The fourth-order valence-corrected chi connectivity index (χ4v) is 2.54. The van der Waals surface area contributed by atoms with Crippen LogP contribution in [0.5, 0.6) is 0 Å². The van der Waals surface area contributed by atoms with Crippen LogP contribution in [-0.2, 0) is 0 Å². The Labute approximate surface area is 76.1 Å². The smallest absolute Gasteiger partial charge is 0.124 e. The number of fused-ring (bicyclic) bond motifs is 1. The summed E-state index contributed by atoms with van der Waals surface area (Å²) in [6, 6.07) is 2.07. The maximum absolute atomic E-state index is 4.34. The molecule has 1 nitrogen and oxygen atoms in total. The van der Waals surface area contributed by atoms with Gasteiger partial charge >= 0.3 is 0 Å². The van der Waals surface area contributed by atoms with Crippen molar-refractivity contribution in [3.8, 4) is 0 Å². The van der Waals surface area contributed by atoms with Gasteiger partial charge in [-0.1, -0.05) is 0 Å². The van der Waals surface area contributed by atoms with Gasteiger partial charge in [0.2, 0.25) is 0 Å². The van der Waals surface area contributed by atoms with E-state index in [-0.39, 0.29) is 0 Å². The molecule has 0 unspecified atom stereocenters. The van der Waals surface area contributed by atoms with E-state index in [0.717, 1.165) is 0 Å². The second-order valence-electron chi connectivity index (χ2n) is 3.09. The molecule has 2 rings (SSSR count). The number of hydrogen-bond donors (Lipinski definition) is 0. The topological polar surface area (TPSA) is 12.9 Å². The Morgan fingerprint density at radius 3 is 2.67 bits per heavy atom. The van der Waals surface area contributed by atoms with Gasteiger partial charge in [-0.2, -0.15) is 0 Å². The van der Waals surface area contributed by atoms with Gasteiger partial charge < -0.3 is 0 Å². The summed E-state index contributed by atoms with van der Waals surface area (Å²) in [4.78, 5) is 6.89. The Balaban J connectivity index is 2.97. The van der Waals surface area contributed by atoms with Crippen LogP contribution in [0.25, 0.3) is 10.2 Å². The molecule has 12 heavy (non-hydrogen) atoms. The molecular weight excluding hydrogens is 166 g/mol. The highest BCUT2D eigenvalue weighted by atomic mass is 32.1. The molecule has 0 saturated heterocycles. The number of hydrogen-bond acceptors (Lipinski definition) is 2. The van der Waals surface area contributed by atoms with Crippen LogP contribution in [0, 0.1) is 20.8 Å². The first-order valence-electron chi connectivity index (χ1n) is 4.01. The van der Waals surface area contributed by atoms with Crippen LogP contribution < -0.4 is 0 Å². The van der Waals surface area contributed by atoms with Crippen molar-refractivity contribution in [3.05, 3.63) is 28.3 Å². The van der Waals surface area contributed by atoms with Crippen LogP contribution in [0.3, 0.4) is 0 Å². The first kappa shape index (κ1) is 7.74. The lowest BCUT2D eigenvalue weighted by molar-refractivity contribution is 1.37. The minimum absolute atomic E-state index is 1.17. The number of rotatable bonds is 0. The predicted molar refractivity (Wildman–Crippen MR) is 53.8 cm³/mol. The molecule has 2 heterocycles. The Morgan fingerprint density at radius 1 is 1.25 bits per heavy atom. The zero-order valence-corrected chi connectivity index (χ0v) is 8.33. The molecule has 2 aromatic heterocycles. The number of nitrogens with zero attached hydrogens (tertiary/aromatic N) is 1. The quantitative estimate of drug-likeness (QED) is 0.602. The number of pyridine rings is 1. The fraction of sp³-hybridized carbons (Fsp3) is 0.300. The molecule has 0 fully saturated rings. The van der Waals surface area contributed by atoms with Crippen molar-refractivity contribution in [2.75, 3.05) is 0 Å². The maximum Gasteiger partial charge on any atom is 0.124 e. The highest BCUT2D eigenvalue weighted by molar-refractivity contribution is 7.18. The largest absolute Gasteiger partial charge is 0.245 e. The highest BCUT2D eigenvalue weighted by Crippen LogP contribution is 2.30. The summed E-state index contributed by atoms with van der Waals surface area (Å²) in [5, 5.41) is 1.35. The summed E-state index contributed by atoms with van der Waals surface area (Å²) >= 11 is 1.78. The van der Waals surface area contributed by atoms with Crippen molar-refractivity contribution in [2.45, 2.75) is 20.8 Å². The van der Waals surface area contributed by atoms with E-state index in [1.807, 2.05) is 6.20 Å². The Morgan fingerprint density at radius 2 is 2.00 bits per heavy atom. The molecule has 0 amide bonds. The Hall–Kier alpha value is -0.890. The lowest BCUT2D eigenvalue weighted by Crippen LogP contribution is -1.78. The lowest BCUT2D eigenvalue weighted by Gasteiger charge is -1.95. The van der Waals surface area contributed by atoms with Gasteiger partial charge in [-0.25, -0.2) is 4.98 Å². The van der Waals surface area contributed by atoms with Crippen LogP contribution in [0.4, 0.5) is 0 Å². The van der Waals surface area contributed by atoms with Crippen molar-refractivity contribution in [1.82, 2.24) is 4.98 Å². The molecule has 0 aliphatic heterocycles.